The molecule has 0 spiro atoms. The van der Waals surface area contributed by atoms with Gasteiger partial charge in [0.1, 0.15) is 17.5 Å². The molecule has 7 rings (SSSR count). The van der Waals surface area contributed by atoms with E-state index < -0.39 is 0 Å². The third kappa shape index (κ3) is 5.91. The maximum Gasteiger partial charge on any atom is 0.224 e. The van der Waals surface area contributed by atoms with Crippen LogP contribution in [-0.4, -0.2) is 28.2 Å². The third-order valence-corrected chi connectivity index (χ3v) is 10.7. The number of nitriles is 1. The molecule has 0 saturated heterocycles. The van der Waals surface area contributed by atoms with Gasteiger partial charge in [-0.25, -0.2) is 4.98 Å². The summed E-state index contributed by atoms with van der Waals surface area (Å²) in [5.74, 6) is 4.97. The first kappa shape index (κ1) is 27.3. The van der Waals surface area contributed by atoms with Crippen LogP contribution in [0.25, 0.3) is 0 Å². The fraction of sp³-hybridized carbons (Fsp3) is 0.618. The first-order chi connectivity index (χ1) is 19.5. The standard InChI is InChI=1S/C34H45N5O/c1-23-5-2-3-7-27(23)19-36-33-37-20-30(18-35)32(39-33)38-22-34-15-26-13-28(16-34)31(29(14-26)17-34)8-4-6-24-9-11-25(21-40)12-10-24/h2-3,5,7,13,20,24-26,29,31,40H,4,6,8-12,14-17,19,21-22H2,1H3,(H2,36,37,38,39)/t24?,25?,26?,29-,31?,34+/m0/s1. The van der Waals surface area contributed by atoms with Crippen molar-refractivity contribution in [1.29, 1.82) is 5.26 Å². The van der Waals surface area contributed by atoms with Gasteiger partial charge >= 0.3 is 0 Å². The number of aliphatic hydroxyl groups excluding tert-OH is 1. The van der Waals surface area contributed by atoms with Crippen LogP contribution in [0.2, 0.25) is 0 Å². The van der Waals surface area contributed by atoms with Crippen LogP contribution >= 0.6 is 0 Å². The molecule has 0 aliphatic heterocycles. The van der Waals surface area contributed by atoms with Crippen molar-refractivity contribution in [2.75, 3.05) is 23.8 Å². The zero-order chi connectivity index (χ0) is 27.5. The molecule has 4 atom stereocenters. The topological polar surface area (TPSA) is 93.9 Å². The fourth-order valence-corrected chi connectivity index (χ4v) is 8.58. The average Bonchev–Trinajstić information content (AvgIpc) is 2.97. The highest BCUT2D eigenvalue weighted by molar-refractivity contribution is 5.53. The zero-order valence-corrected chi connectivity index (χ0v) is 24.0. The molecule has 6 nitrogen and oxygen atoms in total. The summed E-state index contributed by atoms with van der Waals surface area (Å²) in [7, 11) is 0. The minimum Gasteiger partial charge on any atom is -0.396 e. The lowest BCUT2D eigenvalue weighted by Gasteiger charge is -2.56. The minimum absolute atomic E-state index is 0.281. The molecule has 5 aliphatic rings. The van der Waals surface area contributed by atoms with Crippen LogP contribution in [0, 0.1) is 53.3 Å². The van der Waals surface area contributed by atoms with Gasteiger partial charge in [0.05, 0.1) is 6.20 Å². The summed E-state index contributed by atoms with van der Waals surface area (Å²) in [6.07, 6.45) is 18.6. The smallest absolute Gasteiger partial charge is 0.224 e. The number of anilines is 2. The number of aryl methyl sites for hydroxylation is 1. The Morgan fingerprint density at radius 3 is 2.67 bits per heavy atom. The molecule has 6 heteroatoms. The number of hydrogen-bond donors (Lipinski definition) is 3. The predicted octanol–water partition coefficient (Wildman–Crippen LogP) is 7.01. The first-order valence-electron chi connectivity index (χ1n) is 15.6. The van der Waals surface area contributed by atoms with Gasteiger partial charge in [-0.3, -0.25) is 0 Å². The van der Waals surface area contributed by atoms with E-state index in [1.807, 2.05) is 12.1 Å². The molecule has 3 N–H and O–H groups in total. The van der Waals surface area contributed by atoms with E-state index in [4.69, 9.17) is 4.98 Å². The molecule has 1 heterocycles. The largest absolute Gasteiger partial charge is 0.396 e. The van der Waals surface area contributed by atoms with Crippen molar-refractivity contribution in [3.05, 3.63) is 58.8 Å². The Morgan fingerprint density at radius 1 is 1.07 bits per heavy atom. The van der Waals surface area contributed by atoms with Crippen molar-refractivity contribution in [1.82, 2.24) is 9.97 Å². The maximum absolute atomic E-state index is 9.74. The minimum atomic E-state index is 0.281. The average molecular weight is 540 g/mol. The van der Waals surface area contributed by atoms with E-state index in [0.717, 1.165) is 30.2 Å². The Morgan fingerprint density at radius 2 is 1.90 bits per heavy atom. The molecule has 3 saturated carbocycles. The molecule has 5 aliphatic carbocycles. The fourth-order valence-electron chi connectivity index (χ4n) is 8.58. The summed E-state index contributed by atoms with van der Waals surface area (Å²) in [6.45, 7) is 4.02. The summed E-state index contributed by atoms with van der Waals surface area (Å²) in [6, 6.07) is 10.6. The lowest BCUT2D eigenvalue weighted by atomic mass is 9.49. The van der Waals surface area contributed by atoms with Gasteiger partial charge in [0.15, 0.2) is 0 Å². The van der Waals surface area contributed by atoms with E-state index in [-0.39, 0.29) is 5.41 Å². The van der Waals surface area contributed by atoms with Gasteiger partial charge in [0.25, 0.3) is 0 Å². The van der Waals surface area contributed by atoms with Gasteiger partial charge in [-0.05, 0) is 98.0 Å². The number of allylic oxidation sites excluding steroid dienone is 2. The van der Waals surface area contributed by atoms with Crippen molar-refractivity contribution < 1.29 is 5.11 Å². The van der Waals surface area contributed by atoms with Gasteiger partial charge in [0.2, 0.25) is 5.95 Å². The molecule has 212 valence electrons. The lowest BCUT2D eigenvalue weighted by molar-refractivity contribution is 0.0357. The Kier molecular flexibility index (Phi) is 8.12. The number of hydrogen-bond acceptors (Lipinski definition) is 6. The van der Waals surface area contributed by atoms with Crippen LogP contribution in [0.3, 0.4) is 0 Å². The van der Waals surface area contributed by atoms with Gasteiger partial charge < -0.3 is 15.7 Å². The van der Waals surface area contributed by atoms with Crippen LogP contribution in [-0.2, 0) is 6.54 Å². The van der Waals surface area contributed by atoms with Crippen molar-refractivity contribution in [3.63, 3.8) is 0 Å². The van der Waals surface area contributed by atoms with Gasteiger partial charge in [-0.1, -0.05) is 61.6 Å². The van der Waals surface area contributed by atoms with E-state index in [1.54, 1.807) is 11.8 Å². The number of benzene rings is 1. The zero-order valence-electron chi connectivity index (χ0n) is 24.0. The highest BCUT2D eigenvalue weighted by Gasteiger charge is 2.51. The second-order valence-corrected chi connectivity index (χ2v) is 13.4. The van der Waals surface area contributed by atoms with Gasteiger partial charge in [0, 0.05) is 19.7 Å². The van der Waals surface area contributed by atoms with Crippen molar-refractivity contribution in [2.45, 2.75) is 84.1 Å². The number of rotatable bonds is 11. The van der Waals surface area contributed by atoms with Gasteiger partial charge in [-0.15, -0.1) is 0 Å². The highest BCUT2D eigenvalue weighted by atomic mass is 16.3. The quantitative estimate of drug-likeness (QED) is 0.266. The van der Waals surface area contributed by atoms with Crippen molar-refractivity contribution in [2.24, 2.45) is 35.0 Å². The second kappa shape index (κ2) is 11.9. The normalized spacial score (nSPS) is 30.5. The first-order valence-corrected chi connectivity index (χ1v) is 15.6. The summed E-state index contributed by atoms with van der Waals surface area (Å²) in [5.41, 5.74) is 4.98. The molecule has 0 radical (unpaired) electrons. The molecule has 1 aromatic heterocycles. The molecule has 2 aromatic rings. The van der Waals surface area contributed by atoms with Crippen LogP contribution in [0.15, 0.2) is 42.1 Å². The highest BCUT2D eigenvalue weighted by Crippen LogP contribution is 2.60. The Bertz CT molecular complexity index is 1260. The molecule has 2 unspecified atom stereocenters. The number of nitrogens with one attached hydrogen (secondary N) is 2. The molecule has 1 aromatic carbocycles. The van der Waals surface area contributed by atoms with Gasteiger partial charge in [-0.2, -0.15) is 10.2 Å². The molecule has 3 fully saturated rings. The van der Waals surface area contributed by atoms with E-state index in [9.17, 15) is 10.4 Å². The van der Waals surface area contributed by atoms with Crippen LogP contribution in [0.1, 0.15) is 87.3 Å². The summed E-state index contributed by atoms with van der Waals surface area (Å²) in [4.78, 5) is 9.14. The molecule has 4 bridgehead atoms. The SMILES string of the molecule is Cc1ccccc1CNc1ncc(C#N)c(NC[C@]23CC4=CC(C[C@@H](C2)C4CCCC2CCC(CO)CC2)C3)n1. The molecule has 0 amide bonds. The number of aromatic nitrogens is 2. The Balaban J connectivity index is 1.05. The number of nitrogens with zero attached hydrogens (tertiary/aromatic N) is 3. The third-order valence-electron chi connectivity index (χ3n) is 10.7. The predicted molar refractivity (Wildman–Crippen MR) is 160 cm³/mol. The van der Waals surface area contributed by atoms with E-state index >= 15 is 0 Å². The molecule has 40 heavy (non-hydrogen) atoms. The maximum atomic E-state index is 9.74. The number of aliphatic hydroxyl groups is 1. The van der Waals surface area contributed by atoms with E-state index in [0.29, 0.717) is 36.4 Å². The van der Waals surface area contributed by atoms with Crippen LogP contribution in [0.5, 0.6) is 0 Å². The monoisotopic (exact) mass is 539 g/mol. The Hall–Kier alpha value is -2.91. The second-order valence-electron chi connectivity index (χ2n) is 13.4. The summed E-state index contributed by atoms with van der Waals surface area (Å²) < 4.78 is 0. The van der Waals surface area contributed by atoms with Crippen molar-refractivity contribution in [3.8, 4) is 6.07 Å². The summed E-state index contributed by atoms with van der Waals surface area (Å²) >= 11 is 0. The molecular weight excluding hydrogens is 494 g/mol. The van der Waals surface area contributed by atoms with E-state index in [1.165, 1.54) is 81.8 Å². The molecular formula is C34H45N5O. The van der Waals surface area contributed by atoms with Crippen LogP contribution < -0.4 is 10.6 Å². The lowest BCUT2D eigenvalue weighted by Crippen LogP contribution is -2.48. The summed E-state index contributed by atoms with van der Waals surface area (Å²) in [5, 5.41) is 26.1. The van der Waals surface area contributed by atoms with Crippen LogP contribution in [0.4, 0.5) is 11.8 Å². The van der Waals surface area contributed by atoms with Crippen molar-refractivity contribution >= 4 is 11.8 Å². The Labute approximate surface area is 239 Å². The van der Waals surface area contributed by atoms with E-state index in [2.05, 4.69) is 46.8 Å².